The molecule has 6 rings (SSSR count). The Morgan fingerprint density at radius 1 is 1.05 bits per heavy atom. The molecule has 9 nitrogen and oxygen atoms in total. The zero-order chi connectivity index (χ0) is 30.5. The number of halogens is 4. The number of anilines is 1. The SMILES string of the molecule is C[Si](C)(C)CCOCn1c(O[C@@H]2CO[C@H]3[C@@H]2OC[C@H]3O)c(Cl)c2nc(-c3c(F)cc(N4CCOCC4)cc3F)c(Cl)cc21. The highest BCUT2D eigenvalue weighted by Gasteiger charge is 2.49. The summed E-state index contributed by atoms with van der Waals surface area (Å²) >= 11 is 13.5. The molecule has 0 radical (unpaired) electrons. The normalized spacial score (nSPS) is 24.2. The van der Waals surface area contributed by atoms with E-state index < -0.39 is 44.1 Å². The van der Waals surface area contributed by atoms with Crippen molar-refractivity contribution in [3.63, 3.8) is 0 Å². The average Bonchev–Trinajstić information content (AvgIpc) is 3.61. The number of ether oxygens (including phenoxy) is 5. The van der Waals surface area contributed by atoms with Crippen LogP contribution in [0.3, 0.4) is 0 Å². The Bertz CT molecular complexity index is 1480. The summed E-state index contributed by atoms with van der Waals surface area (Å²) in [4.78, 5) is 6.45. The first-order valence-electron chi connectivity index (χ1n) is 14.4. The van der Waals surface area contributed by atoms with Gasteiger partial charge in [-0.25, -0.2) is 13.8 Å². The van der Waals surface area contributed by atoms with Gasteiger partial charge in [-0.3, -0.25) is 4.57 Å². The van der Waals surface area contributed by atoms with Crippen molar-refractivity contribution in [1.82, 2.24) is 9.55 Å². The van der Waals surface area contributed by atoms with E-state index in [0.29, 0.717) is 44.1 Å². The van der Waals surface area contributed by atoms with Crippen LogP contribution in [0, 0.1) is 11.6 Å². The molecule has 1 aromatic carbocycles. The van der Waals surface area contributed by atoms with Crippen molar-refractivity contribution < 1.29 is 37.6 Å². The average molecular weight is 659 g/mol. The third kappa shape index (κ3) is 6.26. The Labute approximate surface area is 259 Å². The maximum atomic E-state index is 15.5. The number of pyridine rings is 1. The van der Waals surface area contributed by atoms with Crippen molar-refractivity contribution in [2.75, 3.05) is 51.0 Å². The molecular formula is C29H35Cl2F2N3O6Si. The minimum Gasteiger partial charge on any atom is -0.469 e. The number of hydrogen-bond acceptors (Lipinski definition) is 8. The topological polar surface area (TPSA) is 87.4 Å². The minimum atomic E-state index is -1.35. The van der Waals surface area contributed by atoms with Gasteiger partial charge in [-0.05, 0) is 24.2 Å². The van der Waals surface area contributed by atoms with Crippen LogP contribution in [0.25, 0.3) is 22.3 Å². The Balaban J connectivity index is 1.37. The third-order valence-electron chi connectivity index (χ3n) is 7.99. The van der Waals surface area contributed by atoms with Crippen LogP contribution in [0.1, 0.15) is 0 Å². The molecule has 43 heavy (non-hydrogen) atoms. The molecule has 4 atom stereocenters. The summed E-state index contributed by atoms with van der Waals surface area (Å²) in [6.07, 6.45) is -2.28. The van der Waals surface area contributed by atoms with Crippen LogP contribution >= 0.6 is 23.2 Å². The van der Waals surface area contributed by atoms with E-state index >= 15 is 8.78 Å². The Kier molecular flexibility index (Phi) is 8.93. The first kappa shape index (κ1) is 31.0. The summed E-state index contributed by atoms with van der Waals surface area (Å²) in [5.74, 6) is -1.33. The second-order valence-electron chi connectivity index (χ2n) is 12.3. The largest absolute Gasteiger partial charge is 0.469 e. The summed E-state index contributed by atoms with van der Waals surface area (Å²) < 4.78 is 62.0. The highest BCUT2D eigenvalue weighted by Crippen LogP contribution is 2.42. The van der Waals surface area contributed by atoms with E-state index in [4.69, 9.17) is 46.9 Å². The number of rotatable bonds is 9. The van der Waals surface area contributed by atoms with Crippen LogP contribution in [-0.4, -0.2) is 93.3 Å². The summed E-state index contributed by atoms with van der Waals surface area (Å²) in [6.45, 7) is 9.77. The zero-order valence-electron chi connectivity index (χ0n) is 24.2. The second kappa shape index (κ2) is 12.4. The maximum absolute atomic E-state index is 15.5. The van der Waals surface area contributed by atoms with E-state index in [1.165, 1.54) is 12.1 Å². The van der Waals surface area contributed by atoms with Crippen LogP contribution in [0.15, 0.2) is 18.2 Å². The van der Waals surface area contributed by atoms with E-state index in [-0.39, 0.29) is 52.6 Å². The van der Waals surface area contributed by atoms with Crippen molar-refractivity contribution in [2.24, 2.45) is 0 Å². The lowest BCUT2D eigenvalue weighted by molar-refractivity contribution is 0.00482. The molecule has 1 N–H and O–H groups in total. The number of morpholine rings is 1. The molecule has 234 valence electrons. The van der Waals surface area contributed by atoms with Gasteiger partial charge < -0.3 is 33.7 Å². The van der Waals surface area contributed by atoms with Crippen molar-refractivity contribution >= 4 is 48.0 Å². The van der Waals surface area contributed by atoms with Crippen LogP contribution in [0.2, 0.25) is 35.7 Å². The van der Waals surface area contributed by atoms with Gasteiger partial charge in [0.1, 0.15) is 47.2 Å². The molecule has 0 spiro atoms. The number of aliphatic hydroxyl groups excluding tert-OH is 1. The lowest BCUT2D eigenvalue weighted by Crippen LogP contribution is -2.36. The predicted molar refractivity (Wildman–Crippen MR) is 162 cm³/mol. The molecule has 0 amide bonds. The monoisotopic (exact) mass is 657 g/mol. The van der Waals surface area contributed by atoms with Crippen LogP contribution in [-0.2, 0) is 25.7 Å². The van der Waals surface area contributed by atoms with Gasteiger partial charge in [0.15, 0.2) is 6.10 Å². The summed E-state index contributed by atoms with van der Waals surface area (Å²) in [6, 6.07) is 5.08. The molecule has 3 aliphatic rings. The van der Waals surface area contributed by atoms with Crippen LogP contribution in [0.4, 0.5) is 14.5 Å². The first-order valence-corrected chi connectivity index (χ1v) is 18.8. The smallest absolute Gasteiger partial charge is 0.218 e. The van der Waals surface area contributed by atoms with Gasteiger partial charge in [0.2, 0.25) is 5.88 Å². The molecule has 14 heteroatoms. The first-order chi connectivity index (χ1) is 20.5. The number of benzene rings is 1. The number of nitrogens with zero attached hydrogens (tertiary/aromatic N) is 3. The van der Waals surface area contributed by atoms with Gasteiger partial charge in [0.05, 0.1) is 48.2 Å². The Hall–Kier alpha value is -2.03. The Morgan fingerprint density at radius 3 is 2.44 bits per heavy atom. The van der Waals surface area contributed by atoms with Crippen LogP contribution in [0.5, 0.6) is 5.88 Å². The molecule has 2 aromatic heterocycles. The standard InChI is InChI=1S/C29H35Cl2F2N3O6Si/c1-43(2,3)9-8-39-15-36-20-12-17(30)25(23-18(32)10-16(11-19(23)33)35-4-6-38-7-5-35)34-26(20)24(31)29(36)42-22-14-41-27-21(37)13-40-28(22)27/h10-12,21-22,27-28,37H,4-9,13-15H2,1-3H3/t21-,22-,27-,28-/m1/s1. The molecule has 0 unspecified atom stereocenters. The summed E-state index contributed by atoms with van der Waals surface area (Å²) in [5, 5.41) is 10.3. The van der Waals surface area contributed by atoms with Gasteiger partial charge in [0, 0.05) is 33.5 Å². The molecule has 0 aliphatic carbocycles. The van der Waals surface area contributed by atoms with Gasteiger partial charge in [-0.2, -0.15) is 0 Å². The van der Waals surface area contributed by atoms with E-state index in [1.54, 1.807) is 10.6 Å². The van der Waals surface area contributed by atoms with Crippen LogP contribution < -0.4 is 9.64 Å². The quantitative estimate of drug-likeness (QED) is 0.244. The highest BCUT2D eigenvalue weighted by atomic mass is 35.5. The molecule has 0 saturated carbocycles. The molecule has 3 saturated heterocycles. The number of aromatic nitrogens is 2. The Morgan fingerprint density at radius 2 is 1.74 bits per heavy atom. The molecule has 3 aliphatic heterocycles. The third-order valence-corrected chi connectivity index (χ3v) is 10.3. The lowest BCUT2D eigenvalue weighted by Gasteiger charge is -2.29. The van der Waals surface area contributed by atoms with E-state index in [0.717, 1.165) is 6.04 Å². The number of fused-ring (bicyclic) bond motifs is 2. The predicted octanol–water partition coefficient (Wildman–Crippen LogP) is 5.34. The fourth-order valence-electron chi connectivity index (χ4n) is 5.61. The summed E-state index contributed by atoms with van der Waals surface area (Å²) in [7, 11) is -1.35. The number of aliphatic hydroxyl groups is 1. The van der Waals surface area contributed by atoms with Crippen molar-refractivity contribution in [2.45, 2.75) is 56.8 Å². The lowest BCUT2D eigenvalue weighted by atomic mass is 10.1. The molecule has 3 aromatic rings. The zero-order valence-corrected chi connectivity index (χ0v) is 26.8. The van der Waals surface area contributed by atoms with E-state index in [1.807, 2.05) is 4.90 Å². The van der Waals surface area contributed by atoms with Crippen molar-refractivity contribution in [1.29, 1.82) is 0 Å². The molecule has 0 bridgehead atoms. The highest BCUT2D eigenvalue weighted by molar-refractivity contribution is 6.76. The van der Waals surface area contributed by atoms with Gasteiger partial charge >= 0.3 is 0 Å². The van der Waals surface area contributed by atoms with Crippen molar-refractivity contribution in [3.05, 3.63) is 39.9 Å². The molecule has 3 fully saturated rings. The molecule has 5 heterocycles. The van der Waals surface area contributed by atoms with E-state index in [2.05, 4.69) is 24.6 Å². The summed E-state index contributed by atoms with van der Waals surface area (Å²) in [5.41, 5.74) is 0.737. The minimum absolute atomic E-state index is 0.0417. The number of hydrogen-bond donors (Lipinski definition) is 1. The fourth-order valence-corrected chi connectivity index (χ4v) is 6.89. The van der Waals surface area contributed by atoms with E-state index in [9.17, 15) is 5.11 Å². The van der Waals surface area contributed by atoms with Gasteiger partial charge in [0.25, 0.3) is 0 Å². The maximum Gasteiger partial charge on any atom is 0.218 e. The van der Waals surface area contributed by atoms with Gasteiger partial charge in [-0.1, -0.05) is 42.8 Å². The second-order valence-corrected chi connectivity index (χ2v) is 18.7. The fraction of sp³-hybridized carbons (Fsp3) is 0.552. The molecular weight excluding hydrogens is 623 g/mol. The van der Waals surface area contributed by atoms with Crippen molar-refractivity contribution in [3.8, 4) is 17.1 Å². The van der Waals surface area contributed by atoms with Gasteiger partial charge in [-0.15, -0.1) is 0 Å².